The fourth-order valence-corrected chi connectivity index (χ4v) is 1.41. The van der Waals surface area contributed by atoms with Crippen LogP contribution in [-0.4, -0.2) is 6.04 Å². The van der Waals surface area contributed by atoms with Crippen LogP contribution in [0, 0.1) is 6.92 Å². The highest BCUT2D eigenvalue weighted by molar-refractivity contribution is 5.23. The molecule has 1 N–H and O–H groups in total. The third-order valence-corrected chi connectivity index (χ3v) is 2.44. The molecule has 0 amide bonds. The fraction of sp³-hybridized carbons (Fsp3) is 0.385. The molecule has 1 aromatic rings. The number of hydrogen-bond donors (Lipinski definition) is 1. The van der Waals surface area contributed by atoms with Gasteiger partial charge in [-0.05, 0) is 26.3 Å². The summed E-state index contributed by atoms with van der Waals surface area (Å²) in [6.45, 7) is 10.1. The van der Waals surface area contributed by atoms with E-state index in [0.29, 0.717) is 12.1 Å². The molecule has 0 saturated carbocycles. The summed E-state index contributed by atoms with van der Waals surface area (Å²) in [4.78, 5) is 0. The Balaban J connectivity index is 2.64. The van der Waals surface area contributed by atoms with Gasteiger partial charge in [-0.3, -0.25) is 0 Å². The molecule has 1 aromatic carbocycles. The van der Waals surface area contributed by atoms with Gasteiger partial charge in [0, 0.05) is 12.1 Å². The van der Waals surface area contributed by atoms with Gasteiger partial charge in [0.05, 0.1) is 0 Å². The van der Waals surface area contributed by atoms with Crippen LogP contribution in [0.1, 0.15) is 31.0 Å². The third-order valence-electron chi connectivity index (χ3n) is 2.44. The van der Waals surface area contributed by atoms with Crippen molar-refractivity contribution < 1.29 is 0 Å². The molecule has 1 nitrogen and oxygen atoms in total. The lowest BCUT2D eigenvalue weighted by atomic mass is 10.1. The first-order valence-corrected chi connectivity index (χ1v) is 5.08. The van der Waals surface area contributed by atoms with E-state index in [0.717, 1.165) is 0 Å². The SMILES string of the molecule is C=CC(C)N[C@@H](C)c1ccc(C)cc1. The van der Waals surface area contributed by atoms with Gasteiger partial charge in [0.25, 0.3) is 0 Å². The highest BCUT2D eigenvalue weighted by Crippen LogP contribution is 2.13. The molecule has 0 radical (unpaired) electrons. The van der Waals surface area contributed by atoms with Crippen molar-refractivity contribution in [3.8, 4) is 0 Å². The zero-order valence-electron chi connectivity index (χ0n) is 9.25. The molecule has 0 saturated heterocycles. The van der Waals surface area contributed by atoms with E-state index >= 15 is 0 Å². The van der Waals surface area contributed by atoms with Crippen LogP contribution in [-0.2, 0) is 0 Å². The topological polar surface area (TPSA) is 12.0 Å². The van der Waals surface area contributed by atoms with E-state index in [1.54, 1.807) is 0 Å². The van der Waals surface area contributed by atoms with Crippen molar-refractivity contribution >= 4 is 0 Å². The Hall–Kier alpha value is -1.08. The van der Waals surface area contributed by atoms with Crippen molar-refractivity contribution in [2.45, 2.75) is 32.9 Å². The van der Waals surface area contributed by atoms with Crippen LogP contribution in [0.5, 0.6) is 0 Å². The zero-order valence-corrected chi connectivity index (χ0v) is 9.25. The van der Waals surface area contributed by atoms with E-state index in [-0.39, 0.29) is 0 Å². The predicted octanol–water partition coefficient (Wildman–Crippen LogP) is 3.22. The maximum atomic E-state index is 3.76. The standard InChI is InChI=1S/C13H19N/c1-5-11(3)14-12(4)13-8-6-10(2)7-9-13/h5-9,11-12,14H,1H2,2-4H3/t11?,12-/m0/s1. The molecule has 0 bridgehead atoms. The van der Waals surface area contributed by atoms with Crippen molar-refractivity contribution in [1.29, 1.82) is 0 Å². The molecule has 0 spiro atoms. The Labute approximate surface area is 86.8 Å². The molecule has 0 heterocycles. The van der Waals surface area contributed by atoms with Gasteiger partial charge in [-0.25, -0.2) is 0 Å². The minimum atomic E-state index is 0.353. The monoisotopic (exact) mass is 189 g/mol. The van der Waals surface area contributed by atoms with Gasteiger partial charge in [-0.1, -0.05) is 35.9 Å². The predicted molar refractivity (Wildman–Crippen MR) is 62.4 cm³/mol. The minimum Gasteiger partial charge on any atom is -0.304 e. The maximum absolute atomic E-state index is 3.76. The molecule has 76 valence electrons. The summed E-state index contributed by atoms with van der Waals surface area (Å²) in [6, 6.07) is 9.36. The van der Waals surface area contributed by atoms with Crippen LogP contribution in [0.15, 0.2) is 36.9 Å². The summed E-state index contributed by atoms with van der Waals surface area (Å²) < 4.78 is 0. The first kappa shape index (κ1) is 11.0. The molecule has 0 aliphatic heterocycles. The Morgan fingerprint density at radius 2 is 1.79 bits per heavy atom. The van der Waals surface area contributed by atoms with E-state index < -0.39 is 0 Å². The van der Waals surface area contributed by atoms with Gasteiger partial charge in [0.15, 0.2) is 0 Å². The van der Waals surface area contributed by atoms with E-state index in [4.69, 9.17) is 0 Å². The average Bonchev–Trinajstić information content (AvgIpc) is 2.18. The molecule has 0 aliphatic rings. The van der Waals surface area contributed by atoms with Crippen LogP contribution >= 0.6 is 0 Å². The molecular formula is C13H19N. The quantitative estimate of drug-likeness (QED) is 0.717. The van der Waals surface area contributed by atoms with Gasteiger partial charge in [0.1, 0.15) is 0 Å². The van der Waals surface area contributed by atoms with Crippen LogP contribution < -0.4 is 5.32 Å². The van der Waals surface area contributed by atoms with Crippen molar-refractivity contribution in [3.63, 3.8) is 0 Å². The molecular weight excluding hydrogens is 170 g/mol. The minimum absolute atomic E-state index is 0.353. The number of hydrogen-bond acceptors (Lipinski definition) is 1. The summed E-state index contributed by atoms with van der Waals surface area (Å²) in [5.41, 5.74) is 2.63. The molecule has 0 aromatic heterocycles. The Morgan fingerprint density at radius 1 is 1.21 bits per heavy atom. The number of benzene rings is 1. The molecule has 0 aliphatic carbocycles. The number of nitrogens with one attached hydrogen (secondary N) is 1. The molecule has 2 atom stereocenters. The molecule has 14 heavy (non-hydrogen) atoms. The Kier molecular flexibility index (Phi) is 3.90. The summed E-state index contributed by atoms with van der Waals surface area (Å²) >= 11 is 0. The van der Waals surface area contributed by atoms with Gasteiger partial charge >= 0.3 is 0 Å². The summed E-state index contributed by atoms with van der Waals surface area (Å²) in [5, 5.41) is 3.45. The van der Waals surface area contributed by atoms with Gasteiger partial charge < -0.3 is 5.32 Å². The smallest absolute Gasteiger partial charge is 0.0297 e. The van der Waals surface area contributed by atoms with Crippen molar-refractivity contribution in [1.82, 2.24) is 5.32 Å². The largest absolute Gasteiger partial charge is 0.304 e. The van der Waals surface area contributed by atoms with Crippen molar-refractivity contribution in [2.75, 3.05) is 0 Å². The molecule has 0 fully saturated rings. The van der Waals surface area contributed by atoms with E-state index in [9.17, 15) is 0 Å². The molecule has 1 heteroatoms. The molecule has 1 unspecified atom stereocenters. The molecule has 1 rings (SSSR count). The number of aryl methyl sites for hydroxylation is 1. The summed E-state index contributed by atoms with van der Waals surface area (Å²) in [7, 11) is 0. The zero-order chi connectivity index (χ0) is 10.6. The fourth-order valence-electron chi connectivity index (χ4n) is 1.41. The van der Waals surface area contributed by atoms with Crippen LogP contribution in [0.2, 0.25) is 0 Å². The van der Waals surface area contributed by atoms with Gasteiger partial charge in [-0.15, -0.1) is 6.58 Å². The van der Waals surface area contributed by atoms with Crippen molar-refractivity contribution in [2.24, 2.45) is 0 Å². The normalized spacial score (nSPS) is 14.8. The van der Waals surface area contributed by atoms with E-state index in [2.05, 4.69) is 56.9 Å². The van der Waals surface area contributed by atoms with Crippen LogP contribution in [0.3, 0.4) is 0 Å². The van der Waals surface area contributed by atoms with Gasteiger partial charge in [0.2, 0.25) is 0 Å². The Morgan fingerprint density at radius 3 is 2.29 bits per heavy atom. The van der Waals surface area contributed by atoms with Gasteiger partial charge in [-0.2, -0.15) is 0 Å². The Bertz CT molecular complexity index is 287. The lowest BCUT2D eigenvalue weighted by Crippen LogP contribution is -2.26. The summed E-state index contributed by atoms with van der Waals surface area (Å²) in [6.07, 6.45) is 1.92. The first-order chi connectivity index (χ1) is 6.63. The first-order valence-electron chi connectivity index (χ1n) is 5.08. The highest BCUT2D eigenvalue weighted by Gasteiger charge is 2.05. The van der Waals surface area contributed by atoms with E-state index in [1.807, 2.05) is 6.08 Å². The average molecular weight is 189 g/mol. The van der Waals surface area contributed by atoms with Crippen molar-refractivity contribution in [3.05, 3.63) is 48.0 Å². The lowest BCUT2D eigenvalue weighted by Gasteiger charge is -2.17. The maximum Gasteiger partial charge on any atom is 0.0297 e. The van der Waals surface area contributed by atoms with Crippen LogP contribution in [0.25, 0.3) is 0 Å². The lowest BCUT2D eigenvalue weighted by molar-refractivity contribution is 0.537. The van der Waals surface area contributed by atoms with Crippen LogP contribution in [0.4, 0.5) is 0 Å². The highest BCUT2D eigenvalue weighted by atomic mass is 14.9. The third kappa shape index (κ3) is 3.00. The number of rotatable bonds is 4. The summed E-state index contributed by atoms with van der Waals surface area (Å²) in [5.74, 6) is 0. The van der Waals surface area contributed by atoms with E-state index in [1.165, 1.54) is 11.1 Å². The second-order valence-corrected chi connectivity index (χ2v) is 3.82. The second kappa shape index (κ2) is 4.97. The second-order valence-electron chi connectivity index (χ2n) is 3.82.